The maximum atomic E-state index is 12.9. The number of carbonyl (C=O) groups is 2. The molecule has 0 atom stereocenters. The maximum absolute atomic E-state index is 12.9. The normalized spacial score (nSPS) is 15.7. The fraction of sp³-hybridized carbons (Fsp3) is 0.474. The van der Waals surface area contributed by atoms with Gasteiger partial charge in [-0.1, -0.05) is 13.0 Å². The largest absolute Gasteiger partial charge is 0.463 e. The Bertz CT molecular complexity index is 755. The minimum Gasteiger partial charge on any atom is -0.463 e. The molecule has 0 saturated carbocycles. The van der Waals surface area contributed by atoms with E-state index in [-0.39, 0.29) is 17.7 Å². The van der Waals surface area contributed by atoms with Crippen LogP contribution in [0.4, 0.5) is 0 Å². The van der Waals surface area contributed by atoms with Gasteiger partial charge in [0.2, 0.25) is 5.91 Å². The zero-order valence-corrected chi connectivity index (χ0v) is 14.5. The van der Waals surface area contributed by atoms with Crippen LogP contribution in [0.25, 0.3) is 11.0 Å². The van der Waals surface area contributed by atoms with Gasteiger partial charge >= 0.3 is 0 Å². The van der Waals surface area contributed by atoms with Crippen molar-refractivity contribution in [2.45, 2.75) is 26.2 Å². The van der Waals surface area contributed by atoms with Crippen molar-refractivity contribution < 1.29 is 14.0 Å². The molecule has 1 aromatic heterocycles. The van der Waals surface area contributed by atoms with Crippen molar-refractivity contribution in [3.05, 3.63) is 35.6 Å². The van der Waals surface area contributed by atoms with Gasteiger partial charge in [0.25, 0.3) is 5.91 Å². The molecule has 2 heterocycles. The minimum absolute atomic E-state index is 0.00208. The molecule has 0 unspecified atom stereocenters. The van der Waals surface area contributed by atoms with E-state index in [1.807, 2.05) is 23.1 Å². The highest BCUT2D eigenvalue weighted by atomic mass is 16.3. The molecule has 128 valence electrons. The van der Waals surface area contributed by atoms with E-state index in [0.717, 1.165) is 30.2 Å². The molecule has 0 spiro atoms. The van der Waals surface area contributed by atoms with E-state index in [1.165, 1.54) is 5.56 Å². The summed E-state index contributed by atoms with van der Waals surface area (Å²) in [5.41, 5.74) is 2.55. The van der Waals surface area contributed by atoms with Crippen LogP contribution < -0.4 is 0 Å². The maximum Gasteiger partial charge on any atom is 0.257 e. The fourth-order valence-electron chi connectivity index (χ4n) is 3.33. The lowest BCUT2D eigenvalue weighted by molar-refractivity contribution is -0.134. The number of benzene rings is 1. The van der Waals surface area contributed by atoms with E-state index in [1.54, 1.807) is 25.3 Å². The van der Waals surface area contributed by atoms with Crippen LogP contribution in [0.15, 0.2) is 28.9 Å². The predicted molar refractivity (Wildman–Crippen MR) is 92.9 cm³/mol. The van der Waals surface area contributed by atoms with Crippen molar-refractivity contribution in [3.8, 4) is 0 Å². The zero-order chi connectivity index (χ0) is 17.3. The summed E-state index contributed by atoms with van der Waals surface area (Å²) in [7, 11) is 3.56. The Morgan fingerprint density at radius 1 is 1.25 bits per heavy atom. The van der Waals surface area contributed by atoms with Crippen molar-refractivity contribution >= 4 is 22.8 Å². The quantitative estimate of drug-likeness (QED) is 0.870. The average molecular weight is 328 g/mol. The number of carbonyl (C=O) groups excluding carboxylic acids is 2. The Morgan fingerprint density at radius 2 is 1.96 bits per heavy atom. The van der Waals surface area contributed by atoms with Crippen LogP contribution >= 0.6 is 0 Å². The molecule has 0 aliphatic carbocycles. The number of nitrogens with zero attached hydrogens (tertiary/aromatic N) is 2. The van der Waals surface area contributed by atoms with Gasteiger partial charge in [-0.15, -0.1) is 0 Å². The molecular formula is C19H24N2O3. The third-order valence-electron chi connectivity index (χ3n) is 4.85. The van der Waals surface area contributed by atoms with E-state index in [0.29, 0.717) is 18.7 Å². The van der Waals surface area contributed by atoms with Crippen LogP contribution in [0, 0.1) is 5.92 Å². The number of aryl methyl sites for hydroxylation is 1. The summed E-state index contributed by atoms with van der Waals surface area (Å²) in [4.78, 5) is 28.4. The van der Waals surface area contributed by atoms with Gasteiger partial charge in [0.1, 0.15) is 11.8 Å². The van der Waals surface area contributed by atoms with E-state index >= 15 is 0 Å². The lowest BCUT2D eigenvalue weighted by Gasteiger charge is -2.32. The van der Waals surface area contributed by atoms with Gasteiger partial charge < -0.3 is 14.2 Å². The van der Waals surface area contributed by atoms with Crippen molar-refractivity contribution in [2.24, 2.45) is 5.92 Å². The number of fused-ring (bicyclic) bond motifs is 1. The summed E-state index contributed by atoms with van der Waals surface area (Å²) in [5.74, 6) is 0.179. The Kier molecular flexibility index (Phi) is 4.60. The van der Waals surface area contributed by atoms with Gasteiger partial charge in [-0.25, -0.2) is 0 Å². The summed E-state index contributed by atoms with van der Waals surface area (Å²) >= 11 is 0. The molecule has 0 bridgehead atoms. The second kappa shape index (κ2) is 6.67. The van der Waals surface area contributed by atoms with Gasteiger partial charge in [-0.05, 0) is 37.0 Å². The van der Waals surface area contributed by atoms with Crippen LogP contribution in [0.2, 0.25) is 0 Å². The molecule has 5 heteroatoms. The van der Waals surface area contributed by atoms with E-state index in [9.17, 15) is 9.59 Å². The van der Waals surface area contributed by atoms with E-state index in [2.05, 4.69) is 6.92 Å². The SMILES string of the molecule is CCc1ccc2occ(C(=O)N3CCC(C(=O)N(C)C)CC3)c2c1. The molecule has 2 aromatic rings. The molecule has 0 N–H and O–H groups in total. The highest BCUT2D eigenvalue weighted by Crippen LogP contribution is 2.26. The minimum atomic E-state index is -0.00208. The van der Waals surface area contributed by atoms with Gasteiger partial charge in [0, 0.05) is 38.5 Å². The van der Waals surface area contributed by atoms with Crippen LogP contribution in [0.5, 0.6) is 0 Å². The molecule has 5 nitrogen and oxygen atoms in total. The van der Waals surface area contributed by atoms with Crippen LogP contribution in [-0.2, 0) is 11.2 Å². The monoisotopic (exact) mass is 328 g/mol. The van der Waals surface area contributed by atoms with E-state index < -0.39 is 0 Å². The first-order valence-electron chi connectivity index (χ1n) is 8.51. The molecule has 1 aromatic carbocycles. The molecular weight excluding hydrogens is 304 g/mol. The smallest absolute Gasteiger partial charge is 0.257 e. The van der Waals surface area contributed by atoms with Crippen molar-refractivity contribution in [1.82, 2.24) is 9.80 Å². The van der Waals surface area contributed by atoms with Gasteiger partial charge in [-0.2, -0.15) is 0 Å². The predicted octanol–water partition coefficient (Wildman–Crippen LogP) is 2.94. The lowest BCUT2D eigenvalue weighted by Crippen LogP contribution is -2.42. The molecule has 1 aliphatic rings. The standard InChI is InChI=1S/C19H24N2O3/c1-4-13-5-6-17-15(11-13)16(12-24-17)19(23)21-9-7-14(8-10-21)18(22)20(2)3/h5-6,11-12,14H,4,7-10H2,1-3H3. The van der Waals surface area contributed by atoms with Crippen LogP contribution in [0.1, 0.15) is 35.7 Å². The summed E-state index contributed by atoms with van der Waals surface area (Å²) in [5, 5.41) is 0.880. The summed E-state index contributed by atoms with van der Waals surface area (Å²) < 4.78 is 5.54. The molecule has 2 amide bonds. The highest BCUT2D eigenvalue weighted by molar-refractivity contribution is 6.06. The van der Waals surface area contributed by atoms with Crippen molar-refractivity contribution in [3.63, 3.8) is 0 Å². The van der Waals surface area contributed by atoms with Gasteiger partial charge in [-0.3, -0.25) is 9.59 Å². The zero-order valence-electron chi connectivity index (χ0n) is 14.5. The Balaban J connectivity index is 1.75. The third-order valence-corrected chi connectivity index (χ3v) is 4.85. The van der Waals surface area contributed by atoms with Crippen molar-refractivity contribution in [2.75, 3.05) is 27.2 Å². The van der Waals surface area contributed by atoms with Crippen LogP contribution in [0.3, 0.4) is 0 Å². The Hall–Kier alpha value is -2.30. The first kappa shape index (κ1) is 16.6. The number of hydrogen-bond acceptors (Lipinski definition) is 3. The number of likely N-dealkylation sites (tertiary alicyclic amines) is 1. The number of piperidine rings is 1. The summed E-state index contributed by atoms with van der Waals surface area (Å²) in [6, 6.07) is 5.99. The highest BCUT2D eigenvalue weighted by Gasteiger charge is 2.29. The summed E-state index contributed by atoms with van der Waals surface area (Å²) in [6.07, 6.45) is 3.92. The number of rotatable bonds is 3. The fourth-order valence-corrected chi connectivity index (χ4v) is 3.33. The van der Waals surface area contributed by atoms with Gasteiger partial charge in [0.05, 0.1) is 5.56 Å². The second-order valence-electron chi connectivity index (χ2n) is 6.63. The molecule has 1 fully saturated rings. The number of hydrogen-bond donors (Lipinski definition) is 0. The third kappa shape index (κ3) is 3.03. The first-order valence-corrected chi connectivity index (χ1v) is 8.51. The topological polar surface area (TPSA) is 53.8 Å². The lowest BCUT2D eigenvalue weighted by atomic mass is 9.95. The Labute approximate surface area is 142 Å². The molecule has 24 heavy (non-hydrogen) atoms. The van der Waals surface area contributed by atoms with E-state index in [4.69, 9.17) is 4.42 Å². The average Bonchev–Trinajstić information content (AvgIpc) is 3.03. The molecule has 0 radical (unpaired) electrons. The number of furan rings is 1. The molecule has 1 aliphatic heterocycles. The second-order valence-corrected chi connectivity index (χ2v) is 6.63. The first-order chi connectivity index (χ1) is 11.5. The summed E-state index contributed by atoms with van der Waals surface area (Å²) in [6.45, 7) is 3.32. The Morgan fingerprint density at radius 3 is 2.58 bits per heavy atom. The molecule has 1 saturated heterocycles. The number of amides is 2. The van der Waals surface area contributed by atoms with Crippen molar-refractivity contribution in [1.29, 1.82) is 0 Å². The van der Waals surface area contributed by atoms with Crippen LogP contribution in [-0.4, -0.2) is 48.8 Å². The van der Waals surface area contributed by atoms with Gasteiger partial charge in [0.15, 0.2) is 0 Å². The molecule has 3 rings (SSSR count).